The van der Waals surface area contributed by atoms with Gasteiger partial charge in [-0.25, -0.2) is 0 Å². The molecule has 0 saturated heterocycles. The van der Waals surface area contributed by atoms with Gasteiger partial charge < -0.3 is 9.67 Å². The number of hydrogen-bond acceptors (Lipinski definition) is 4. The van der Waals surface area contributed by atoms with E-state index in [1.54, 1.807) is 23.0 Å². The second-order valence-corrected chi connectivity index (χ2v) is 6.45. The molecule has 3 rings (SSSR count). The van der Waals surface area contributed by atoms with Gasteiger partial charge in [-0.2, -0.15) is 15.4 Å². The maximum absolute atomic E-state index is 11.8. The van der Waals surface area contributed by atoms with Gasteiger partial charge in [0, 0.05) is 18.7 Å². The molecule has 6 heteroatoms. The van der Waals surface area contributed by atoms with Crippen LogP contribution in [0.15, 0.2) is 59.7 Å². The van der Waals surface area contributed by atoms with E-state index in [4.69, 9.17) is 0 Å². The van der Waals surface area contributed by atoms with E-state index in [2.05, 4.69) is 39.7 Å². The summed E-state index contributed by atoms with van der Waals surface area (Å²) in [7, 11) is 0. The van der Waals surface area contributed by atoms with Gasteiger partial charge >= 0.3 is 0 Å². The highest BCUT2D eigenvalue weighted by atomic mass is 16.3. The van der Waals surface area contributed by atoms with Gasteiger partial charge in [0.05, 0.1) is 11.9 Å². The molecule has 136 valence electrons. The molecule has 0 saturated carbocycles. The van der Waals surface area contributed by atoms with Crippen molar-refractivity contribution >= 4 is 0 Å². The first-order valence-electron chi connectivity index (χ1n) is 9.05. The number of aromatic amines is 1. The van der Waals surface area contributed by atoms with Crippen molar-refractivity contribution in [1.82, 2.24) is 20.0 Å². The van der Waals surface area contributed by atoms with Crippen LogP contribution in [-0.2, 0) is 6.54 Å². The summed E-state index contributed by atoms with van der Waals surface area (Å²) in [5.41, 5.74) is 1.91. The number of nitrogens with zero attached hydrogens (tertiary/aromatic N) is 3. The second-order valence-electron chi connectivity index (χ2n) is 6.45. The van der Waals surface area contributed by atoms with Gasteiger partial charge in [-0.05, 0) is 30.5 Å². The highest BCUT2D eigenvalue weighted by Gasteiger charge is 2.16. The SMILES string of the molecule is O=c1c(O)cccn1CCCCCCC(c1ccccc1)c1cn[nH]n1. The van der Waals surface area contributed by atoms with Crippen LogP contribution in [0.25, 0.3) is 0 Å². The van der Waals surface area contributed by atoms with Crippen LogP contribution in [-0.4, -0.2) is 25.1 Å². The lowest BCUT2D eigenvalue weighted by Gasteiger charge is -2.14. The van der Waals surface area contributed by atoms with Crippen molar-refractivity contribution in [3.8, 4) is 5.75 Å². The van der Waals surface area contributed by atoms with E-state index in [1.165, 1.54) is 11.6 Å². The van der Waals surface area contributed by atoms with E-state index >= 15 is 0 Å². The minimum absolute atomic E-state index is 0.189. The summed E-state index contributed by atoms with van der Waals surface area (Å²) in [5.74, 6) is 0.0643. The number of pyridine rings is 1. The van der Waals surface area contributed by atoms with Crippen molar-refractivity contribution in [2.24, 2.45) is 0 Å². The van der Waals surface area contributed by atoms with Crippen LogP contribution in [0.5, 0.6) is 5.75 Å². The summed E-state index contributed by atoms with van der Waals surface area (Å²) in [6.07, 6.45) is 8.68. The van der Waals surface area contributed by atoms with E-state index in [0.717, 1.165) is 37.8 Å². The van der Waals surface area contributed by atoms with Gasteiger partial charge in [0.1, 0.15) is 0 Å². The molecule has 0 spiro atoms. The molecule has 26 heavy (non-hydrogen) atoms. The fourth-order valence-electron chi connectivity index (χ4n) is 3.23. The molecule has 0 radical (unpaired) electrons. The molecule has 2 aromatic heterocycles. The van der Waals surface area contributed by atoms with Crippen LogP contribution in [0.4, 0.5) is 0 Å². The number of benzene rings is 1. The quantitative estimate of drug-likeness (QED) is 0.578. The minimum atomic E-state index is -0.317. The first-order chi connectivity index (χ1) is 12.8. The smallest absolute Gasteiger partial charge is 0.292 e. The summed E-state index contributed by atoms with van der Waals surface area (Å²) >= 11 is 0. The van der Waals surface area contributed by atoms with E-state index in [9.17, 15) is 9.90 Å². The number of rotatable bonds is 9. The van der Waals surface area contributed by atoms with E-state index < -0.39 is 0 Å². The normalized spacial score (nSPS) is 12.2. The fourth-order valence-corrected chi connectivity index (χ4v) is 3.23. The molecule has 2 heterocycles. The lowest BCUT2D eigenvalue weighted by atomic mass is 9.90. The summed E-state index contributed by atoms with van der Waals surface area (Å²) in [6, 6.07) is 13.5. The Balaban J connectivity index is 1.47. The summed E-state index contributed by atoms with van der Waals surface area (Å²) in [5, 5.41) is 20.4. The zero-order valence-electron chi connectivity index (χ0n) is 14.7. The molecular formula is C20H24N4O2. The Kier molecular flexibility index (Phi) is 6.19. The topological polar surface area (TPSA) is 83.8 Å². The number of H-pyrrole nitrogens is 1. The van der Waals surface area contributed by atoms with Crippen molar-refractivity contribution in [3.05, 3.63) is 76.5 Å². The molecule has 0 amide bonds. The Morgan fingerprint density at radius 1 is 1.04 bits per heavy atom. The van der Waals surface area contributed by atoms with E-state index in [1.807, 2.05) is 6.07 Å². The number of nitrogens with one attached hydrogen (secondary N) is 1. The summed E-state index contributed by atoms with van der Waals surface area (Å²) in [4.78, 5) is 11.8. The third-order valence-electron chi connectivity index (χ3n) is 4.63. The van der Waals surface area contributed by atoms with Crippen LogP contribution < -0.4 is 5.56 Å². The Labute approximate surface area is 152 Å². The van der Waals surface area contributed by atoms with Crippen molar-refractivity contribution in [1.29, 1.82) is 0 Å². The molecule has 3 aromatic rings. The lowest BCUT2D eigenvalue weighted by Crippen LogP contribution is -2.18. The third-order valence-corrected chi connectivity index (χ3v) is 4.63. The van der Waals surface area contributed by atoms with Crippen molar-refractivity contribution in [3.63, 3.8) is 0 Å². The molecule has 1 aromatic carbocycles. The molecule has 0 fully saturated rings. The Hall–Kier alpha value is -2.89. The number of hydrogen-bond donors (Lipinski definition) is 2. The van der Waals surface area contributed by atoms with Gasteiger partial charge in [-0.3, -0.25) is 4.79 Å². The first kappa shape index (κ1) is 17.9. The van der Waals surface area contributed by atoms with Gasteiger partial charge in [-0.15, -0.1) is 0 Å². The molecule has 6 nitrogen and oxygen atoms in total. The molecule has 1 unspecified atom stereocenters. The van der Waals surface area contributed by atoms with Gasteiger partial charge in [-0.1, -0.05) is 49.6 Å². The van der Waals surface area contributed by atoms with Crippen molar-refractivity contribution in [2.45, 2.75) is 44.6 Å². The van der Waals surface area contributed by atoms with Crippen LogP contribution in [0, 0.1) is 0 Å². The Morgan fingerprint density at radius 3 is 2.62 bits per heavy atom. The zero-order valence-corrected chi connectivity index (χ0v) is 14.7. The second kappa shape index (κ2) is 8.99. The molecule has 0 bridgehead atoms. The monoisotopic (exact) mass is 352 g/mol. The largest absolute Gasteiger partial charge is 0.503 e. The summed E-state index contributed by atoms with van der Waals surface area (Å²) < 4.78 is 1.57. The highest BCUT2D eigenvalue weighted by Crippen LogP contribution is 2.28. The average molecular weight is 352 g/mol. The first-order valence-corrected chi connectivity index (χ1v) is 9.05. The summed E-state index contributed by atoms with van der Waals surface area (Å²) in [6.45, 7) is 0.638. The fraction of sp³-hybridized carbons (Fsp3) is 0.350. The molecule has 0 aliphatic rings. The van der Waals surface area contributed by atoms with Crippen molar-refractivity contribution in [2.75, 3.05) is 0 Å². The lowest BCUT2D eigenvalue weighted by molar-refractivity contribution is 0.452. The zero-order chi connectivity index (χ0) is 18.2. The molecule has 0 aliphatic carbocycles. The average Bonchev–Trinajstić information content (AvgIpc) is 3.19. The van der Waals surface area contributed by atoms with Crippen LogP contribution in [0.3, 0.4) is 0 Å². The molecule has 2 N–H and O–H groups in total. The highest BCUT2D eigenvalue weighted by molar-refractivity contribution is 5.26. The molecule has 0 aliphatic heterocycles. The Bertz CT molecular complexity index is 844. The molecular weight excluding hydrogens is 328 g/mol. The predicted octanol–water partition coefficient (Wildman–Crippen LogP) is 3.45. The Morgan fingerprint density at radius 2 is 1.85 bits per heavy atom. The number of aromatic hydroxyl groups is 1. The predicted molar refractivity (Wildman–Crippen MR) is 100 cm³/mol. The van der Waals surface area contributed by atoms with Gasteiger partial charge in [0.25, 0.3) is 5.56 Å². The minimum Gasteiger partial charge on any atom is -0.503 e. The number of unbranched alkanes of at least 4 members (excludes halogenated alkanes) is 3. The van der Waals surface area contributed by atoms with Crippen LogP contribution >= 0.6 is 0 Å². The number of aromatic nitrogens is 4. The molecule has 1 atom stereocenters. The number of aryl methyl sites for hydroxylation is 1. The standard InChI is InChI=1S/C20H24N4O2/c25-19-12-8-14-24(20(19)26)13-7-2-1-6-11-17(18-15-21-23-22-18)16-9-4-3-5-10-16/h3-5,8-10,12,14-15,17,25H,1-2,6-7,11,13H2,(H,21,22,23). The van der Waals surface area contributed by atoms with Gasteiger partial charge in [0.15, 0.2) is 5.75 Å². The maximum atomic E-state index is 11.8. The third kappa shape index (κ3) is 4.59. The maximum Gasteiger partial charge on any atom is 0.292 e. The van der Waals surface area contributed by atoms with Crippen LogP contribution in [0.1, 0.15) is 49.3 Å². The van der Waals surface area contributed by atoms with E-state index in [0.29, 0.717) is 6.54 Å². The van der Waals surface area contributed by atoms with Gasteiger partial charge in [0.2, 0.25) is 0 Å². The van der Waals surface area contributed by atoms with E-state index in [-0.39, 0.29) is 17.2 Å². The van der Waals surface area contributed by atoms with Crippen LogP contribution in [0.2, 0.25) is 0 Å². The van der Waals surface area contributed by atoms with Crippen molar-refractivity contribution < 1.29 is 5.11 Å².